The van der Waals surface area contributed by atoms with Crippen LogP contribution in [0.2, 0.25) is 0 Å². The summed E-state index contributed by atoms with van der Waals surface area (Å²) in [6, 6.07) is 7.85. The fourth-order valence-corrected chi connectivity index (χ4v) is 2.04. The topological polar surface area (TPSA) is 97.6 Å². The second-order valence-electron chi connectivity index (χ2n) is 5.81. The zero-order chi connectivity index (χ0) is 19.3. The van der Waals surface area contributed by atoms with Crippen molar-refractivity contribution in [3.63, 3.8) is 0 Å². The number of hydrogen-bond acceptors (Lipinski definition) is 5. The molecule has 8 heteroatoms. The van der Waals surface area contributed by atoms with Gasteiger partial charge in [-0.1, -0.05) is 12.1 Å². The lowest BCUT2D eigenvalue weighted by Gasteiger charge is -2.13. The first-order valence-electron chi connectivity index (χ1n) is 7.95. The first-order valence-corrected chi connectivity index (χ1v) is 7.95. The molecule has 2 N–H and O–H groups in total. The molecule has 0 unspecified atom stereocenters. The van der Waals surface area contributed by atoms with E-state index in [4.69, 9.17) is 9.15 Å². The average Bonchev–Trinajstić information content (AvgIpc) is 3.04. The van der Waals surface area contributed by atoms with Gasteiger partial charge < -0.3 is 14.5 Å². The zero-order valence-corrected chi connectivity index (χ0v) is 14.5. The van der Waals surface area contributed by atoms with Gasteiger partial charge in [-0.05, 0) is 45.0 Å². The van der Waals surface area contributed by atoms with E-state index < -0.39 is 29.8 Å². The smallest absolute Gasteiger partial charge is 0.375 e. The maximum absolute atomic E-state index is 13.7. The molecule has 1 atom stereocenters. The molecule has 3 amide bonds. The Bertz CT molecular complexity index is 815. The fourth-order valence-electron chi connectivity index (χ4n) is 2.04. The van der Waals surface area contributed by atoms with Gasteiger partial charge in [-0.15, -0.1) is 0 Å². The molecule has 0 saturated heterocycles. The molecule has 2 rings (SSSR count). The number of amides is 3. The number of hydrogen-bond donors (Lipinski definition) is 2. The summed E-state index contributed by atoms with van der Waals surface area (Å²) >= 11 is 0. The lowest BCUT2D eigenvalue weighted by atomic mass is 10.1. The highest BCUT2D eigenvalue weighted by Gasteiger charge is 2.23. The Morgan fingerprint density at radius 2 is 1.77 bits per heavy atom. The molecular formula is C18H19FN2O5. The summed E-state index contributed by atoms with van der Waals surface area (Å²) in [6.45, 7) is 4.78. The van der Waals surface area contributed by atoms with E-state index in [-0.39, 0.29) is 23.1 Å². The van der Waals surface area contributed by atoms with E-state index in [1.807, 2.05) is 0 Å². The third-order valence-corrected chi connectivity index (χ3v) is 3.26. The molecule has 1 aromatic carbocycles. The molecule has 7 nitrogen and oxygen atoms in total. The number of carbonyl (C=O) groups excluding carboxylic acids is 3. The molecule has 0 bridgehead atoms. The molecule has 2 aromatic rings. The van der Waals surface area contributed by atoms with Crippen molar-refractivity contribution in [1.29, 1.82) is 0 Å². The Morgan fingerprint density at radius 3 is 2.42 bits per heavy atom. The van der Waals surface area contributed by atoms with Crippen LogP contribution in [0.15, 0.2) is 40.8 Å². The van der Waals surface area contributed by atoms with Gasteiger partial charge in [0, 0.05) is 6.04 Å². The zero-order valence-electron chi connectivity index (χ0n) is 14.5. The van der Waals surface area contributed by atoms with Gasteiger partial charge in [0.2, 0.25) is 5.76 Å². The Kier molecular flexibility index (Phi) is 6.11. The summed E-state index contributed by atoms with van der Waals surface area (Å²) in [5.74, 6) is -2.21. The Morgan fingerprint density at radius 1 is 1.08 bits per heavy atom. The summed E-state index contributed by atoms with van der Waals surface area (Å²) in [7, 11) is 0. The molecule has 0 radical (unpaired) electrons. The SMILES string of the molecule is CC(C)NC(=O)NC(=O)[C@@H](C)OC(=O)c1ccc(-c2ccccc2F)o1. The average molecular weight is 362 g/mol. The summed E-state index contributed by atoms with van der Waals surface area (Å²) < 4.78 is 24.0. The van der Waals surface area contributed by atoms with Crippen LogP contribution >= 0.6 is 0 Å². The Hall–Kier alpha value is -3.16. The largest absolute Gasteiger partial charge is 0.449 e. The number of imide groups is 1. The van der Waals surface area contributed by atoms with Gasteiger partial charge in [0.25, 0.3) is 5.91 Å². The minimum atomic E-state index is -1.22. The highest BCUT2D eigenvalue weighted by atomic mass is 19.1. The van der Waals surface area contributed by atoms with Crippen molar-refractivity contribution in [2.75, 3.05) is 0 Å². The molecule has 26 heavy (non-hydrogen) atoms. The summed E-state index contributed by atoms with van der Waals surface area (Å²) in [6.07, 6.45) is -1.22. The first-order chi connectivity index (χ1) is 12.3. The monoisotopic (exact) mass is 362 g/mol. The number of rotatable bonds is 5. The van der Waals surface area contributed by atoms with Crippen LogP contribution in [0.25, 0.3) is 11.3 Å². The van der Waals surface area contributed by atoms with Gasteiger partial charge in [-0.2, -0.15) is 0 Å². The quantitative estimate of drug-likeness (QED) is 0.797. The number of benzene rings is 1. The minimum Gasteiger partial charge on any atom is -0.449 e. The summed E-state index contributed by atoms with van der Waals surface area (Å²) in [5, 5.41) is 4.53. The molecular weight excluding hydrogens is 343 g/mol. The van der Waals surface area contributed by atoms with Gasteiger partial charge in [-0.3, -0.25) is 10.1 Å². The third kappa shape index (κ3) is 4.92. The van der Waals surface area contributed by atoms with Crippen molar-refractivity contribution in [3.8, 4) is 11.3 Å². The van der Waals surface area contributed by atoms with E-state index in [9.17, 15) is 18.8 Å². The summed E-state index contributed by atoms with van der Waals surface area (Å²) in [5.41, 5.74) is 0.197. The molecule has 0 saturated carbocycles. The van der Waals surface area contributed by atoms with Crippen LogP contribution in [0.4, 0.5) is 9.18 Å². The fraction of sp³-hybridized carbons (Fsp3) is 0.278. The van der Waals surface area contributed by atoms with Gasteiger partial charge >= 0.3 is 12.0 Å². The van der Waals surface area contributed by atoms with E-state index in [0.717, 1.165) is 0 Å². The van der Waals surface area contributed by atoms with E-state index in [0.29, 0.717) is 0 Å². The van der Waals surface area contributed by atoms with Gasteiger partial charge in [0.15, 0.2) is 6.10 Å². The maximum atomic E-state index is 13.7. The van der Waals surface area contributed by atoms with Crippen molar-refractivity contribution >= 4 is 17.9 Å². The van der Waals surface area contributed by atoms with E-state index in [2.05, 4.69) is 10.6 Å². The van der Waals surface area contributed by atoms with Crippen LogP contribution in [0.1, 0.15) is 31.3 Å². The number of urea groups is 1. The maximum Gasteiger partial charge on any atom is 0.375 e. The molecule has 0 spiro atoms. The molecule has 0 aliphatic rings. The van der Waals surface area contributed by atoms with Crippen LogP contribution < -0.4 is 10.6 Å². The molecule has 0 fully saturated rings. The minimum absolute atomic E-state index is 0.152. The second-order valence-corrected chi connectivity index (χ2v) is 5.81. The van der Waals surface area contributed by atoms with Crippen LogP contribution in [-0.4, -0.2) is 30.1 Å². The summed E-state index contributed by atoms with van der Waals surface area (Å²) in [4.78, 5) is 35.4. The first kappa shape index (κ1) is 19.2. The molecule has 0 aliphatic heterocycles. The standard InChI is InChI=1S/C18H19FN2O5/c1-10(2)20-18(24)21-16(22)11(3)25-17(23)15-9-8-14(26-15)12-6-4-5-7-13(12)19/h4-11H,1-3H3,(H2,20,21,22,24)/t11-/m1/s1. The van der Waals surface area contributed by atoms with Crippen molar-refractivity contribution in [2.24, 2.45) is 0 Å². The van der Waals surface area contributed by atoms with Crippen molar-refractivity contribution in [1.82, 2.24) is 10.6 Å². The predicted molar refractivity (Wildman–Crippen MR) is 90.8 cm³/mol. The highest BCUT2D eigenvalue weighted by Crippen LogP contribution is 2.25. The third-order valence-electron chi connectivity index (χ3n) is 3.26. The van der Waals surface area contributed by atoms with Gasteiger partial charge in [-0.25, -0.2) is 14.0 Å². The molecule has 0 aliphatic carbocycles. The van der Waals surface area contributed by atoms with E-state index in [1.165, 1.54) is 37.3 Å². The predicted octanol–water partition coefficient (Wildman–Crippen LogP) is 2.87. The lowest BCUT2D eigenvalue weighted by molar-refractivity contribution is -0.128. The normalized spacial score (nSPS) is 11.7. The molecule has 1 aromatic heterocycles. The number of furan rings is 1. The van der Waals surface area contributed by atoms with Crippen molar-refractivity contribution < 1.29 is 27.9 Å². The van der Waals surface area contributed by atoms with Gasteiger partial charge in [0.05, 0.1) is 5.56 Å². The van der Waals surface area contributed by atoms with Crippen LogP contribution in [0.3, 0.4) is 0 Å². The van der Waals surface area contributed by atoms with Crippen LogP contribution in [-0.2, 0) is 9.53 Å². The van der Waals surface area contributed by atoms with Crippen molar-refractivity contribution in [2.45, 2.75) is 32.9 Å². The lowest BCUT2D eigenvalue weighted by Crippen LogP contribution is -2.46. The highest BCUT2D eigenvalue weighted by molar-refractivity contribution is 5.98. The van der Waals surface area contributed by atoms with Crippen LogP contribution in [0.5, 0.6) is 0 Å². The Balaban J connectivity index is 1.98. The Labute approximate surface area is 149 Å². The molecule has 1 heterocycles. The second kappa shape index (κ2) is 8.28. The van der Waals surface area contributed by atoms with Gasteiger partial charge in [0.1, 0.15) is 11.6 Å². The van der Waals surface area contributed by atoms with Crippen molar-refractivity contribution in [3.05, 3.63) is 48.0 Å². The van der Waals surface area contributed by atoms with Crippen LogP contribution in [0, 0.1) is 5.82 Å². The molecule has 138 valence electrons. The number of nitrogens with one attached hydrogen (secondary N) is 2. The van der Waals surface area contributed by atoms with E-state index >= 15 is 0 Å². The number of ether oxygens (including phenoxy) is 1. The number of esters is 1. The van der Waals surface area contributed by atoms with E-state index in [1.54, 1.807) is 19.9 Å². The number of halogens is 1. The number of carbonyl (C=O) groups is 3.